The first-order chi connectivity index (χ1) is 10.3. The number of hydrogen-bond acceptors (Lipinski definition) is 3. The van der Waals surface area contributed by atoms with Crippen molar-refractivity contribution in [2.45, 2.75) is 19.3 Å². The van der Waals surface area contributed by atoms with E-state index >= 15 is 0 Å². The molecule has 1 amide bonds. The minimum Gasteiger partial charge on any atom is -0.355 e. The van der Waals surface area contributed by atoms with Gasteiger partial charge in [-0.25, -0.2) is 0 Å². The second-order valence-corrected chi connectivity index (χ2v) is 5.58. The van der Waals surface area contributed by atoms with E-state index in [1.54, 1.807) is 0 Å². The summed E-state index contributed by atoms with van der Waals surface area (Å²) in [5.74, 6) is 0.305. The van der Waals surface area contributed by atoms with Crippen molar-refractivity contribution in [3.8, 4) is 0 Å². The Kier molecular flexibility index (Phi) is 8.31. The van der Waals surface area contributed by atoms with Crippen LogP contribution in [-0.2, 0) is 11.2 Å². The second-order valence-electron chi connectivity index (χ2n) is 5.58. The van der Waals surface area contributed by atoms with Gasteiger partial charge >= 0.3 is 0 Å². The first-order valence-electron chi connectivity index (χ1n) is 7.65. The third-order valence-corrected chi connectivity index (χ3v) is 4.08. The number of nitrogens with one attached hydrogen (secondary N) is 2. The Bertz CT molecular complexity index is 625. The molecule has 1 aromatic carbocycles. The molecule has 0 aliphatic carbocycles. The zero-order valence-corrected chi connectivity index (χ0v) is 14.6. The van der Waals surface area contributed by atoms with Crippen LogP contribution in [0.3, 0.4) is 0 Å². The number of carbonyl (C=O) groups excluding carboxylic acids is 1. The third-order valence-electron chi connectivity index (χ3n) is 4.08. The summed E-state index contributed by atoms with van der Waals surface area (Å²) in [5, 5.41) is 7.49. The number of para-hydroxylation sites is 1. The van der Waals surface area contributed by atoms with E-state index in [4.69, 9.17) is 0 Å². The van der Waals surface area contributed by atoms with E-state index in [-0.39, 0.29) is 36.6 Å². The van der Waals surface area contributed by atoms with Gasteiger partial charge in [-0.2, -0.15) is 0 Å². The highest BCUT2D eigenvalue weighted by Crippen LogP contribution is 2.16. The molecule has 1 saturated heterocycles. The molecule has 1 aromatic heterocycles. The van der Waals surface area contributed by atoms with Crippen molar-refractivity contribution in [2.24, 2.45) is 5.92 Å². The molecule has 1 aliphatic rings. The van der Waals surface area contributed by atoms with Crippen molar-refractivity contribution in [2.75, 3.05) is 19.6 Å². The Hall–Kier alpha value is -1.36. The van der Waals surface area contributed by atoms with Crippen LogP contribution in [0.2, 0.25) is 0 Å². The highest BCUT2D eigenvalue weighted by atomic mass is 35.5. The summed E-state index contributed by atoms with van der Waals surface area (Å²) < 4.78 is 0. The topological polar surface area (TPSA) is 54.0 Å². The van der Waals surface area contributed by atoms with Crippen LogP contribution in [0, 0.1) is 5.92 Å². The number of carbonyl (C=O) groups is 1. The maximum absolute atomic E-state index is 12.1. The molecule has 1 unspecified atom stereocenters. The van der Waals surface area contributed by atoms with Crippen molar-refractivity contribution >= 4 is 41.6 Å². The summed E-state index contributed by atoms with van der Waals surface area (Å²) in [4.78, 5) is 16.5. The van der Waals surface area contributed by atoms with Crippen LogP contribution < -0.4 is 10.6 Å². The monoisotopic (exact) mass is 355 g/mol. The fraction of sp³-hybridized carbons (Fsp3) is 0.412. The Morgan fingerprint density at radius 1 is 1.26 bits per heavy atom. The standard InChI is InChI=1S/C17H21N3O.2ClH/c21-17(15-7-2-9-18-12-15)20-11-8-14-5-1-4-13-6-3-10-19-16(13)14;;/h1,3-6,10,15,18H,2,7-9,11-12H2,(H,20,21);2*1H. The lowest BCUT2D eigenvalue weighted by molar-refractivity contribution is -0.125. The predicted octanol–water partition coefficient (Wildman–Crippen LogP) is 2.74. The summed E-state index contributed by atoms with van der Waals surface area (Å²) in [6.07, 6.45) is 4.72. The average molecular weight is 356 g/mol. The molecule has 0 saturated carbocycles. The van der Waals surface area contributed by atoms with Gasteiger partial charge in [0.2, 0.25) is 5.91 Å². The highest BCUT2D eigenvalue weighted by Gasteiger charge is 2.20. The van der Waals surface area contributed by atoms with Gasteiger partial charge in [-0.05, 0) is 37.4 Å². The van der Waals surface area contributed by atoms with Crippen LogP contribution >= 0.6 is 24.8 Å². The van der Waals surface area contributed by atoms with Gasteiger partial charge in [0.05, 0.1) is 11.4 Å². The van der Waals surface area contributed by atoms with E-state index in [9.17, 15) is 4.79 Å². The molecule has 2 heterocycles. The number of benzene rings is 1. The van der Waals surface area contributed by atoms with Crippen LogP contribution in [0.4, 0.5) is 0 Å². The summed E-state index contributed by atoms with van der Waals surface area (Å²) in [6, 6.07) is 10.2. The highest BCUT2D eigenvalue weighted by molar-refractivity contribution is 5.85. The van der Waals surface area contributed by atoms with Crippen LogP contribution in [0.15, 0.2) is 36.5 Å². The van der Waals surface area contributed by atoms with Crippen molar-refractivity contribution < 1.29 is 4.79 Å². The van der Waals surface area contributed by atoms with Gasteiger partial charge in [-0.15, -0.1) is 24.8 Å². The average Bonchev–Trinajstić information content (AvgIpc) is 2.56. The number of nitrogens with zero attached hydrogens (tertiary/aromatic N) is 1. The number of aromatic nitrogens is 1. The lowest BCUT2D eigenvalue weighted by Gasteiger charge is -2.21. The van der Waals surface area contributed by atoms with Crippen molar-refractivity contribution in [3.05, 3.63) is 42.1 Å². The first-order valence-corrected chi connectivity index (χ1v) is 7.65. The Balaban J connectivity index is 0.00000132. The molecular formula is C17H23Cl2N3O. The van der Waals surface area contributed by atoms with Gasteiger partial charge in [0.1, 0.15) is 0 Å². The Morgan fingerprint density at radius 2 is 2.09 bits per heavy atom. The number of rotatable bonds is 4. The molecule has 0 bridgehead atoms. The molecule has 23 heavy (non-hydrogen) atoms. The SMILES string of the molecule is Cl.Cl.O=C(NCCc1cccc2cccnc12)C1CCCNC1. The minimum absolute atomic E-state index is 0. The molecule has 0 radical (unpaired) electrons. The number of piperidine rings is 1. The van der Waals surface area contributed by atoms with E-state index < -0.39 is 0 Å². The van der Waals surface area contributed by atoms with Crippen LogP contribution in [0.25, 0.3) is 10.9 Å². The minimum atomic E-state index is 0. The van der Waals surface area contributed by atoms with E-state index in [1.165, 1.54) is 5.56 Å². The zero-order chi connectivity index (χ0) is 14.5. The molecule has 1 fully saturated rings. The summed E-state index contributed by atoms with van der Waals surface area (Å²) in [6.45, 7) is 2.51. The van der Waals surface area contributed by atoms with Crippen molar-refractivity contribution in [3.63, 3.8) is 0 Å². The molecule has 0 spiro atoms. The Labute approximate surface area is 149 Å². The zero-order valence-electron chi connectivity index (χ0n) is 13.0. The maximum Gasteiger partial charge on any atom is 0.224 e. The third kappa shape index (κ3) is 5.06. The quantitative estimate of drug-likeness (QED) is 0.886. The van der Waals surface area contributed by atoms with Crippen LogP contribution in [-0.4, -0.2) is 30.5 Å². The second kappa shape index (κ2) is 9.71. The van der Waals surface area contributed by atoms with Crippen molar-refractivity contribution in [1.29, 1.82) is 0 Å². The summed E-state index contributed by atoms with van der Waals surface area (Å²) >= 11 is 0. The molecule has 2 N–H and O–H groups in total. The molecule has 6 heteroatoms. The first kappa shape index (κ1) is 19.7. The largest absolute Gasteiger partial charge is 0.355 e. The number of fused-ring (bicyclic) bond motifs is 1. The lowest BCUT2D eigenvalue weighted by atomic mass is 9.99. The molecule has 1 atom stereocenters. The number of hydrogen-bond donors (Lipinski definition) is 2. The van der Waals surface area contributed by atoms with Gasteiger partial charge in [0.15, 0.2) is 0 Å². The number of halogens is 2. The van der Waals surface area contributed by atoms with Gasteiger partial charge in [-0.1, -0.05) is 24.3 Å². The fourth-order valence-corrected chi connectivity index (χ4v) is 2.91. The van der Waals surface area contributed by atoms with Gasteiger partial charge in [-0.3, -0.25) is 9.78 Å². The maximum atomic E-state index is 12.1. The molecule has 3 rings (SSSR count). The summed E-state index contributed by atoms with van der Waals surface area (Å²) in [7, 11) is 0. The molecule has 126 valence electrons. The van der Waals surface area contributed by atoms with E-state index in [2.05, 4.69) is 33.8 Å². The Morgan fingerprint density at radius 3 is 2.87 bits per heavy atom. The molecule has 4 nitrogen and oxygen atoms in total. The van der Waals surface area contributed by atoms with Gasteiger partial charge in [0.25, 0.3) is 0 Å². The van der Waals surface area contributed by atoms with E-state index in [1.807, 2.05) is 18.3 Å². The normalized spacial score (nSPS) is 17.0. The molecule has 2 aromatic rings. The van der Waals surface area contributed by atoms with Gasteiger partial charge in [0, 0.05) is 24.7 Å². The number of pyridine rings is 1. The van der Waals surface area contributed by atoms with E-state index in [0.717, 1.165) is 43.3 Å². The fourth-order valence-electron chi connectivity index (χ4n) is 2.91. The number of amides is 1. The molecular weight excluding hydrogens is 333 g/mol. The summed E-state index contributed by atoms with van der Waals surface area (Å²) in [5.41, 5.74) is 2.23. The molecule has 1 aliphatic heterocycles. The predicted molar refractivity (Wildman–Crippen MR) is 98.5 cm³/mol. The van der Waals surface area contributed by atoms with E-state index in [0.29, 0.717) is 6.54 Å². The lowest BCUT2D eigenvalue weighted by Crippen LogP contribution is -2.41. The van der Waals surface area contributed by atoms with Crippen LogP contribution in [0.1, 0.15) is 18.4 Å². The van der Waals surface area contributed by atoms with Crippen LogP contribution in [0.5, 0.6) is 0 Å². The smallest absolute Gasteiger partial charge is 0.224 e. The van der Waals surface area contributed by atoms with Gasteiger partial charge < -0.3 is 10.6 Å². The van der Waals surface area contributed by atoms with Crippen molar-refractivity contribution in [1.82, 2.24) is 15.6 Å².